The zero-order valence-corrected chi connectivity index (χ0v) is 18.5. The molecule has 2 N–H and O–H groups in total. The Hall–Kier alpha value is -2.17. The molecule has 2 aromatic rings. The summed E-state index contributed by atoms with van der Waals surface area (Å²) in [7, 11) is -4.07. The summed E-state index contributed by atoms with van der Waals surface area (Å²) in [6.07, 6.45) is -1.42. The van der Waals surface area contributed by atoms with Crippen LogP contribution in [0.2, 0.25) is 5.02 Å². The molecule has 0 radical (unpaired) electrons. The SMILES string of the molecule is C[C@@H]1CCCC[C@@H]1NS(=O)(=O)c1ccc(F)c(C(=O)Nc2ccc(Cl)cc2C(F)(F)F)c1. The zero-order valence-electron chi connectivity index (χ0n) is 17.0. The molecule has 1 aliphatic carbocycles. The number of rotatable bonds is 5. The first-order valence-electron chi connectivity index (χ1n) is 9.88. The van der Waals surface area contributed by atoms with Crippen molar-refractivity contribution in [3.05, 3.63) is 58.4 Å². The van der Waals surface area contributed by atoms with Crippen LogP contribution >= 0.6 is 11.6 Å². The molecular weight excluding hydrogens is 472 g/mol. The van der Waals surface area contributed by atoms with Crippen LogP contribution in [0, 0.1) is 11.7 Å². The minimum Gasteiger partial charge on any atom is -0.321 e. The van der Waals surface area contributed by atoms with Gasteiger partial charge in [0.25, 0.3) is 5.91 Å². The number of anilines is 1. The van der Waals surface area contributed by atoms with Crippen molar-refractivity contribution in [2.45, 2.75) is 49.7 Å². The third kappa shape index (κ3) is 5.60. The Morgan fingerprint density at radius 1 is 1.09 bits per heavy atom. The number of amides is 1. The number of carbonyl (C=O) groups is 1. The Labute approximate surface area is 188 Å². The molecule has 1 saturated carbocycles. The topological polar surface area (TPSA) is 75.3 Å². The first kappa shape index (κ1) is 24.5. The average Bonchev–Trinajstić information content (AvgIpc) is 2.70. The van der Waals surface area contributed by atoms with Crippen LogP contribution in [0.4, 0.5) is 23.2 Å². The molecule has 1 amide bonds. The predicted molar refractivity (Wildman–Crippen MR) is 113 cm³/mol. The van der Waals surface area contributed by atoms with Gasteiger partial charge in [0.05, 0.1) is 21.7 Å². The van der Waals surface area contributed by atoms with Crippen molar-refractivity contribution in [3.8, 4) is 0 Å². The smallest absolute Gasteiger partial charge is 0.321 e. The first-order chi connectivity index (χ1) is 14.9. The number of benzene rings is 2. The van der Waals surface area contributed by atoms with E-state index in [1.807, 2.05) is 12.2 Å². The van der Waals surface area contributed by atoms with Crippen molar-refractivity contribution >= 4 is 33.2 Å². The average molecular weight is 493 g/mol. The van der Waals surface area contributed by atoms with E-state index in [1.165, 1.54) is 0 Å². The van der Waals surface area contributed by atoms with Crippen LogP contribution in [-0.4, -0.2) is 20.4 Å². The molecule has 174 valence electrons. The fourth-order valence-electron chi connectivity index (χ4n) is 3.65. The molecule has 0 spiro atoms. The third-order valence-electron chi connectivity index (χ3n) is 5.45. The summed E-state index contributed by atoms with van der Waals surface area (Å²) >= 11 is 5.62. The van der Waals surface area contributed by atoms with Crippen molar-refractivity contribution in [2.75, 3.05) is 5.32 Å². The van der Waals surface area contributed by atoms with Crippen molar-refractivity contribution in [1.29, 1.82) is 0 Å². The van der Waals surface area contributed by atoms with Crippen LogP contribution in [-0.2, 0) is 16.2 Å². The van der Waals surface area contributed by atoms with Gasteiger partial charge < -0.3 is 5.32 Å². The van der Waals surface area contributed by atoms with Gasteiger partial charge in [-0.3, -0.25) is 4.79 Å². The number of hydrogen-bond acceptors (Lipinski definition) is 3. The van der Waals surface area contributed by atoms with Gasteiger partial charge in [0.1, 0.15) is 5.82 Å². The van der Waals surface area contributed by atoms with Gasteiger partial charge in [-0.1, -0.05) is 31.4 Å². The quantitative estimate of drug-likeness (QED) is 0.533. The van der Waals surface area contributed by atoms with Crippen LogP contribution in [0.25, 0.3) is 0 Å². The minimum atomic E-state index is -4.82. The van der Waals surface area contributed by atoms with Gasteiger partial charge in [-0.05, 0) is 55.2 Å². The number of nitrogens with one attached hydrogen (secondary N) is 2. The van der Waals surface area contributed by atoms with E-state index >= 15 is 0 Å². The van der Waals surface area contributed by atoms with E-state index in [-0.39, 0.29) is 21.9 Å². The number of hydrogen-bond donors (Lipinski definition) is 2. The Morgan fingerprint density at radius 2 is 1.78 bits per heavy atom. The lowest BCUT2D eigenvalue weighted by molar-refractivity contribution is -0.136. The van der Waals surface area contributed by atoms with Gasteiger partial charge in [-0.2, -0.15) is 13.2 Å². The minimum absolute atomic E-state index is 0.118. The van der Waals surface area contributed by atoms with Crippen LogP contribution < -0.4 is 10.0 Å². The number of sulfonamides is 1. The summed E-state index contributed by atoms with van der Waals surface area (Å²) in [6.45, 7) is 1.93. The van der Waals surface area contributed by atoms with E-state index in [0.29, 0.717) is 12.5 Å². The second-order valence-corrected chi connectivity index (χ2v) is 9.92. The molecule has 0 heterocycles. The van der Waals surface area contributed by atoms with Gasteiger partial charge in [0, 0.05) is 11.1 Å². The molecule has 5 nitrogen and oxygen atoms in total. The summed E-state index contributed by atoms with van der Waals surface area (Å²) in [6, 6.07) is 5.02. The molecule has 0 aliphatic heterocycles. The summed E-state index contributed by atoms with van der Waals surface area (Å²) in [5, 5.41) is 1.80. The van der Waals surface area contributed by atoms with E-state index in [1.54, 1.807) is 0 Å². The summed E-state index contributed by atoms with van der Waals surface area (Å²) in [5.41, 5.74) is -2.54. The highest BCUT2D eigenvalue weighted by Gasteiger charge is 2.34. The first-order valence-corrected chi connectivity index (χ1v) is 11.7. The molecule has 0 bridgehead atoms. The molecule has 32 heavy (non-hydrogen) atoms. The molecule has 1 fully saturated rings. The predicted octanol–water partition coefficient (Wildman–Crippen LogP) is 5.61. The molecule has 0 unspecified atom stereocenters. The molecule has 1 aliphatic rings. The second kappa shape index (κ2) is 9.36. The standard InChI is InChI=1S/C21H21ClF4N2O3S/c1-12-4-2-3-5-18(12)28-32(30,31)14-7-8-17(23)15(11-14)20(29)27-19-9-6-13(22)10-16(19)21(24,25)26/h6-12,18,28H,2-5H2,1H3,(H,27,29)/t12-,18+/m1/s1. The summed E-state index contributed by atoms with van der Waals surface area (Å²) in [5.74, 6) is -2.18. The molecule has 2 aromatic carbocycles. The lowest BCUT2D eigenvalue weighted by atomic mass is 9.87. The van der Waals surface area contributed by atoms with E-state index in [9.17, 15) is 30.8 Å². The third-order valence-corrected chi connectivity index (χ3v) is 7.17. The fraction of sp³-hybridized carbons (Fsp3) is 0.381. The van der Waals surface area contributed by atoms with E-state index in [2.05, 4.69) is 4.72 Å². The molecule has 0 aromatic heterocycles. The summed E-state index contributed by atoms with van der Waals surface area (Å²) in [4.78, 5) is 12.2. The largest absolute Gasteiger partial charge is 0.418 e. The highest BCUT2D eigenvalue weighted by Crippen LogP contribution is 2.36. The Bertz CT molecular complexity index is 1120. The van der Waals surface area contributed by atoms with Crippen molar-refractivity contribution in [1.82, 2.24) is 4.72 Å². The van der Waals surface area contributed by atoms with Crippen LogP contribution in [0.15, 0.2) is 41.3 Å². The Balaban J connectivity index is 1.88. The summed E-state index contributed by atoms with van der Waals surface area (Å²) < 4.78 is 82.3. The lowest BCUT2D eigenvalue weighted by Crippen LogP contribution is -2.41. The van der Waals surface area contributed by atoms with Gasteiger partial charge in [-0.15, -0.1) is 0 Å². The molecule has 3 rings (SSSR count). The van der Waals surface area contributed by atoms with Crippen molar-refractivity contribution in [2.24, 2.45) is 5.92 Å². The van der Waals surface area contributed by atoms with Gasteiger partial charge >= 0.3 is 6.18 Å². The Morgan fingerprint density at radius 3 is 2.44 bits per heavy atom. The maximum Gasteiger partial charge on any atom is 0.418 e. The van der Waals surface area contributed by atoms with Gasteiger partial charge in [-0.25, -0.2) is 17.5 Å². The number of carbonyl (C=O) groups excluding carboxylic acids is 1. The van der Waals surface area contributed by atoms with Crippen molar-refractivity contribution < 1.29 is 30.8 Å². The highest BCUT2D eigenvalue weighted by molar-refractivity contribution is 7.89. The highest BCUT2D eigenvalue weighted by atomic mass is 35.5. The van der Waals surface area contributed by atoms with Crippen LogP contribution in [0.5, 0.6) is 0 Å². The fourth-order valence-corrected chi connectivity index (χ4v) is 5.23. The normalized spacial score (nSPS) is 19.6. The second-order valence-electron chi connectivity index (χ2n) is 7.77. The van der Waals surface area contributed by atoms with Crippen LogP contribution in [0.1, 0.15) is 48.5 Å². The van der Waals surface area contributed by atoms with E-state index in [4.69, 9.17) is 11.6 Å². The number of halogens is 5. The molecular formula is C21H21ClF4N2O3S. The monoisotopic (exact) mass is 492 g/mol. The zero-order chi connectivity index (χ0) is 23.7. The molecule has 11 heteroatoms. The van der Waals surface area contributed by atoms with Gasteiger partial charge in [0.15, 0.2) is 0 Å². The van der Waals surface area contributed by atoms with E-state index < -0.39 is 44.7 Å². The maximum atomic E-state index is 14.3. The lowest BCUT2D eigenvalue weighted by Gasteiger charge is -2.29. The number of alkyl halides is 3. The Kier molecular flexibility index (Phi) is 7.16. The van der Waals surface area contributed by atoms with Crippen LogP contribution in [0.3, 0.4) is 0 Å². The van der Waals surface area contributed by atoms with E-state index in [0.717, 1.165) is 49.6 Å². The van der Waals surface area contributed by atoms with Gasteiger partial charge in [0.2, 0.25) is 10.0 Å². The maximum absolute atomic E-state index is 14.3. The molecule has 0 saturated heterocycles. The molecule has 2 atom stereocenters. The van der Waals surface area contributed by atoms with Crippen molar-refractivity contribution in [3.63, 3.8) is 0 Å².